The van der Waals surface area contributed by atoms with Crippen LogP contribution in [0.15, 0.2) is 36.4 Å². The third-order valence-corrected chi connectivity index (χ3v) is 3.79. The minimum absolute atomic E-state index is 0.201. The quantitative estimate of drug-likeness (QED) is 0.799. The molecule has 3 nitrogen and oxygen atoms in total. The van der Waals surface area contributed by atoms with Gasteiger partial charge in [-0.1, -0.05) is 40.2 Å². The van der Waals surface area contributed by atoms with Gasteiger partial charge >= 0.3 is 0 Å². The van der Waals surface area contributed by atoms with Gasteiger partial charge in [0.05, 0.1) is 17.8 Å². The summed E-state index contributed by atoms with van der Waals surface area (Å²) in [6, 6.07) is 12.1. The predicted molar refractivity (Wildman–Crippen MR) is 74.5 cm³/mol. The van der Waals surface area contributed by atoms with Gasteiger partial charge in [0.25, 0.3) is 0 Å². The van der Waals surface area contributed by atoms with Gasteiger partial charge in [-0.15, -0.1) is 0 Å². The van der Waals surface area contributed by atoms with Crippen molar-refractivity contribution in [3.8, 4) is 0 Å². The van der Waals surface area contributed by atoms with E-state index in [0.717, 1.165) is 23.1 Å². The lowest BCUT2D eigenvalue weighted by Gasteiger charge is -2.15. The number of hydrogen-bond acceptors (Lipinski definition) is 2. The first-order valence-corrected chi connectivity index (χ1v) is 6.90. The Morgan fingerprint density at radius 3 is 2.89 bits per heavy atom. The predicted octanol–water partition coefficient (Wildman–Crippen LogP) is 2.73. The van der Waals surface area contributed by atoms with Crippen molar-refractivity contribution >= 4 is 32.7 Å². The van der Waals surface area contributed by atoms with Crippen molar-refractivity contribution in [2.24, 2.45) is 0 Å². The second kappa shape index (κ2) is 4.69. The maximum atomic E-state index is 11.7. The van der Waals surface area contributed by atoms with E-state index in [9.17, 15) is 4.79 Å². The van der Waals surface area contributed by atoms with E-state index < -0.39 is 0 Å². The number of amides is 1. The molecule has 1 amide bonds. The van der Waals surface area contributed by atoms with Gasteiger partial charge in [-0.2, -0.15) is 0 Å². The lowest BCUT2D eigenvalue weighted by molar-refractivity contribution is -0.128. The first-order valence-electron chi connectivity index (χ1n) is 5.99. The molecule has 0 bridgehead atoms. The summed E-state index contributed by atoms with van der Waals surface area (Å²) < 4.78 is 0. The highest BCUT2D eigenvalue weighted by molar-refractivity contribution is 9.09. The van der Waals surface area contributed by atoms with Crippen LogP contribution in [0.1, 0.15) is 12.1 Å². The molecule has 0 radical (unpaired) electrons. The number of para-hydroxylation sites is 1. The molecule has 1 aromatic carbocycles. The van der Waals surface area contributed by atoms with E-state index in [4.69, 9.17) is 0 Å². The maximum absolute atomic E-state index is 11.7. The lowest BCUT2D eigenvalue weighted by atomic mass is 10.2. The maximum Gasteiger partial charge on any atom is 0.224 e. The highest BCUT2D eigenvalue weighted by atomic mass is 79.9. The summed E-state index contributed by atoms with van der Waals surface area (Å²) in [5, 5.41) is 1.13. The van der Waals surface area contributed by atoms with Crippen molar-refractivity contribution in [3.05, 3.63) is 42.1 Å². The normalized spacial score (nSPS) is 19.7. The molecular formula is C14H13BrN2O. The van der Waals surface area contributed by atoms with Gasteiger partial charge in [0.15, 0.2) is 0 Å². The smallest absolute Gasteiger partial charge is 0.224 e. The van der Waals surface area contributed by atoms with Gasteiger partial charge < -0.3 is 4.90 Å². The largest absolute Gasteiger partial charge is 0.336 e. The van der Waals surface area contributed by atoms with Gasteiger partial charge in [0, 0.05) is 23.2 Å². The van der Waals surface area contributed by atoms with Gasteiger partial charge in [-0.25, -0.2) is 0 Å². The minimum atomic E-state index is 0.201. The summed E-state index contributed by atoms with van der Waals surface area (Å²) >= 11 is 3.49. The second-order valence-corrected chi connectivity index (χ2v) is 5.87. The van der Waals surface area contributed by atoms with Gasteiger partial charge in [0.2, 0.25) is 5.91 Å². The van der Waals surface area contributed by atoms with Crippen molar-refractivity contribution < 1.29 is 4.79 Å². The van der Waals surface area contributed by atoms with Crippen molar-refractivity contribution in [2.75, 3.05) is 6.54 Å². The van der Waals surface area contributed by atoms with Crippen molar-refractivity contribution in [1.82, 2.24) is 9.88 Å². The van der Waals surface area contributed by atoms with Crippen LogP contribution in [0.2, 0.25) is 0 Å². The van der Waals surface area contributed by atoms with Crippen LogP contribution < -0.4 is 0 Å². The fraction of sp³-hybridized carbons (Fsp3) is 0.286. The average molecular weight is 305 g/mol. The molecule has 0 spiro atoms. The number of pyridine rings is 1. The Balaban J connectivity index is 1.84. The lowest BCUT2D eigenvalue weighted by Crippen LogP contribution is -2.25. The summed E-state index contributed by atoms with van der Waals surface area (Å²) in [5.41, 5.74) is 1.93. The van der Waals surface area contributed by atoms with E-state index in [1.807, 2.05) is 35.2 Å². The van der Waals surface area contributed by atoms with E-state index in [1.54, 1.807) is 0 Å². The third kappa shape index (κ3) is 2.25. The Morgan fingerprint density at radius 2 is 2.11 bits per heavy atom. The standard InChI is InChI=1S/C14H13BrN2O/c15-11-7-14(18)17(8-11)9-12-6-5-10-3-1-2-4-13(10)16-12/h1-6,11H,7-9H2. The van der Waals surface area contributed by atoms with Crippen LogP contribution in [0.25, 0.3) is 10.9 Å². The summed E-state index contributed by atoms with van der Waals surface area (Å²) in [5.74, 6) is 0.201. The van der Waals surface area contributed by atoms with Crippen molar-refractivity contribution in [2.45, 2.75) is 17.8 Å². The number of rotatable bonds is 2. The van der Waals surface area contributed by atoms with Crippen molar-refractivity contribution in [1.29, 1.82) is 0 Å². The molecule has 18 heavy (non-hydrogen) atoms. The van der Waals surface area contributed by atoms with Crippen LogP contribution in [-0.4, -0.2) is 27.2 Å². The second-order valence-electron chi connectivity index (χ2n) is 4.57. The first kappa shape index (κ1) is 11.7. The molecule has 0 saturated carbocycles. The SMILES string of the molecule is O=C1CC(Br)CN1Cc1ccc2ccccc2n1. The molecule has 1 aliphatic rings. The Hall–Kier alpha value is -1.42. The van der Waals surface area contributed by atoms with Crippen LogP contribution in [-0.2, 0) is 11.3 Å². The number of fused-ring (bicyclic) bond motifs is 1. The van der Waals surface area contributed by atoms with Crippen LogP contribution in [0.4, 0.5) is 0 Å². The molecule has 3 rings (SSSR count). The molecule has 1 aliphatic heterocycles. The number of carbonyl (C=O) groups excluding carboxylic acids is 1. The summed E-state index contributed by atoms with van der Waals surface area (Å²) in [6.07, 6.45) is 0.591. The number of nitrogens with zero attached hydrogens (tertiary/aromatic N) is 2. The Morgan fingerprint density at radius 1 is 1.28 bits per heavy atom. The fourth-order valence-corrected chi connectivity index (χ4v) is 2.90. The molecule has 1 atom stereocenters. The van der Waals surface area contributed by atoms with Gasteiger partial charge in [0.1, 0.15) is 0 Å². The molecule has 4 heteroatoms. The third-order valence-electron chi connectivity index (χ3n) is 3.18. The number of aromatic nitrogens is 1. The zero-order valence-electron chi connectivity index (χ0n) is 9.84. The topological polar surface area (TPSA) is 33.2 Å². The molecule has 92 valence electrons. The minimum Gasteiger partial charge on any atom is -0.336 e. The summed E-state index contributed by atoms with van der Waals surface area (Å²) in [7, 11) is 0. The molecule has 1 saturated heterocycles. The van der Waals surface area contributed by atoms with E-state index >= 15 is 0 Å². The average Bonchev–Trinajstić information content (AvgIpc) is 2.68. The number of likely N-dealkylation sites (tertiary alicyclic amines) is 1. The van der Waals surface area contributed by atoms with Crippen LogP contribution in [0.5, 0.6) is 0 Å². The fourth-order valence-electron chi connectivity index (χ4n) is 2.27. The van der Waals surface area contributed by atoms with Crippen LogP contribution in [0, 0.1) is 0 Å². The molecular weight excluding hydrogens is 292 g/mol. The van der Waals surface area contributed by atoms with Gasteiger partial charge in [-0.05, 0) is 12.1 Å². The summed E-state index contributed by atoms with van der Waals surface area (Å²) in [6.45, 7) is 1.37. The van der Waals surface area contributed by atoms with Gasteiger partial charge in [-0.3, -0.25) is 9.78 Å². The molecule has 1 aromatic heterocycles. The highest BCUT2D eigenvalue weighted by Gasteiger charge is 2.27. The number of halogens is 1. The first-order chi connectivity index (χ1) is 8.72. The van der Waals surface area contributed by atoms with Crippen LogP contribution >= 0.6 is 15.9 Å². The molecule has 2 aromatic rings. The zero-order valence-corrected chi connectivity index (χ0v) is 11.4. The van der Waals surface area contributed by atoms with E-state index in [2.05, 4.69) is 27.0 Å². The Bertz CT molecular complexity index is 599. The number of alkyl halides is 1. The number of hydrogen-bond donors (Lipinski definition) is 0. The molecule has 2 heterocycles. The van der Waals surface area contributed by atoms with E-state index in [1.165, 1.54) is 0 Å². The molecule has 1 unspecified atom stereocenters. The molecule has 0 aliphatic carbocycles. The Labute approximate surface area is 114 Å². The molecule has 0 N–H and O–H groups in total. The van der Waals surface area contributed by atoms with Crippen molar-refractivity contribution in [3.63, 3.8) is 0 Å². The monoisotopic (exact) mass is 304 g/mol. The number of carbonyl (C=O) groups is 1. The highest BCUT2D eigenvalue weighted by Crippen LogP contribution is 2.20. The zero-order chi connectivity index (χ0) is 12.5. The molecule has 1 fully saturated rings. The summed E-state index contributed by atoms with van der Waals surface area (Å²) in [4.78, 5) is 18.5. The Kier molecular flexibility index (Phi) is 3.04. The van der Waals surface area contributed by atoms with E-state index in [-0.39, 0.29) is 10.7 Å². The van der Waals surface area contributed by atoms with Crippen LogP contribution in [0.3, 0.4) is 0 Å². The number of benzene rings is 1. The van der Waals surface area contributed by atoms with E-state index in [0.29, 0.717) is 13.0 Å².